The first-order valence-electron chi connectivity index (χ1n) is 20.9. The fourth-order valence-corrected chi connectivity index (χ4v) is 6.97. The molecule has 3 aromatic rings. The van der Waals surface area contributed by atoms with Crippen LogP contribution in [0.2, 0.25) is 0 Å². The van der Waals surface area contributed by atoms with E-state index in [2.05, 4.69) is 94.2 Å². The van der Waals surface area contributed by atoms with Crippen molar-refractivity contribution < 1.29 is 52.4 Å². The molecule has 0 fully saturated rings. The van der Waals surface area contributed by atoms with E-state index in [9.17, 15) is 0 Å². The predicted octanol–water partition coefficient (Wildman–Crippen LogP) is 8.70. The molecule has 0 spiro atoms. The Labute approximate surface area is 422 Å². The van der Waals surface area contributed by atoms with Gasteiger partial charge in [0.05, 0.1) is 66.1 Å². The summed E-state index contributed by atoms with van der Waals surface area (Å²) < 4.78 is 31.9. The SMILES string of the molecule is C=Cc1ccc(CCl)cc1.CCCOCCOCCC.ClCc1ccc(CCSCCOCCOCCSCCc2ccc(CCl)cc2)cc1.SCCOCCOCCS.[IH2+]. The minimum absolute atomic E-state index is 0. The number of aryl methyl sites for hydroxylation is 2. The first-order valence-corrected chi connectivity index (χ1v) is 26.1. The van der Waals surface area contributed by atoms with Crippen LogP contribution in [0.15, 0.2) is 79.4 Å². The number of hydrogen-bond donors (Lipinski definition) is 2. The summed E-state index contributed by atoms with van der Waals surface area (Å²) in [7, 11) is 0. The minimum Gasteiger partial charge on any atom is -0.379 e. The second kappa shape index (κ2) is 51.1. The molecule has 14 heteroatoms. The first-order chi connectivity index (χ1) is 29.5. The molecule has 0 saturated carbocycles. The van der Waals surface area contributed by atoms with Crippen LogP contribution in [-0.2, 0) is 58.9 Å². The molecular formula is C47H75Cl3IO6S4+. The molecule has 0 bridgehead atoms. The lowest BCUT2D eigenvalue weighted by molar-refractivity contribution is -0.0000144. The highest BCUT2D eigenvalue weighted by Crippen LogP contribution is 2.12. The van der Waals surface area contributed by atoms with Crippen molar-refractivity contribution in [2.45, 2.75) is 57.2 Å². The Hall–Kier alpha value is 0.160. The molecule has 0 aliphatic rings. The summed E-state index contributed by atoms with van der Waals surface area (Å²) in [4.78, 5) is 0. The Morgan fingerprint density at radius 3 is 1.03 bits per heavy atom. The number of halogens is 4. The third-order valence-electron chi connectivity index (χ3n) is 7.82. The number of thiol groups is 2. The number of benzene rings is 3. The summed E-state index contributed by atoms with van der Waals surface area (Å²) in [5.41, 5.74) is 7.37. The average Bonchev–Trinajstić information content (AvgIpc) is 3.30. The Morgan fingerprint density at radius 1 is 0.443 bits per heavy atom. The average molecular weight is 1100 g/mol. The molecule has 0 atom stereocenters. The summed E-state index contributed by atoms with van der Waals surface area (Å²) in [5.74, 6) is 7.58. The highest BCUT2D eigenvalue weighted by Gasteiger charge is 1.98. The number of hydrogen-bond acceptors (Lipinski definition) is 10. The molecule has 350 valence electrons. The number of rotatable bonds is 33. The van der Waals surface area contributed by atoms with E-state index in [1.54, 1.807) is 0 Å². The number of alkyl halides is 3. The fourth-order valence-electron chi connectivity index (χ4n) is 4.54. The van der Waals surface area contributed by atoms with Crippen LogP contribution in [0.1, 0.15) is 60.1 Å². The second-order valence-corrected chi connectivity index (χ2v) is 17.0. The van der Waals surface area contributed by atoms with Crippen LogP contribution < -0.4 is 24.0 Å². The van der Waals surface area contributed by atoms with Crippen molar-refractivity contribution in [3.05, 3.63) is 113 Å². The van der Waals surface area contributed by atoms with Gasteiger partial charge in [0.15, 0.2) is 0 Å². The number of ether oxygens (including phenoxy) is 6. The Balaban J connectivity index is 0. The third-order valence-corrected chi connectivity index (χ3v) is 11.0. The molecular weight excluding hydrogens is 1020 g/mol. The molecule has 0 saturated heterocycles. The van der Waals surface area contributed by atoms with E-state index in [0.717, 1.165) is 111 Å². The van der Waals surface area contributed by atoms with Gasteiger partial charge in [-0.05, 0) is 70.6 Å². The highest BCUT2D eigenvalue weighted by molar-refractivity contribution is 7.99. The van der Waals surface area contributed by atoms with Crippen LogP contribution in [-0.4, -0.2) is 114 Å². The maximum absolute atomic E-state index is 5.81. The summed E-state index contributed by atoms with van der Waals surface area (Å²) in [6, 6.07) is 25.1. The fraction of sp³-hybridized carbons (Fsp3) is 0.574. The van der Waals surface area contributed by atoms with Gasteiger partial charge in [-0.3, -0.25) is 0 Å². The normalized spacial score (nSPS) is 10.3. The quantitative estimate of drug-likeness (QED) is 0.0272. The molecule has 0 heterocycles. The van der Waals surface area contributed by atoms with Crippen LogP contribution in [0.3, 0.4) is 0 Å². The van der Waals surface area contributed by atoms with Gasteiger partial charge < -0.3 is 28.4 Å². The second-order valence-electron chi connectivity index (χ2n) is 12.8. The zero-order chi connectivity index (χ0) is 44.0. The minimum atomic E-state index is 0. The lowest BCUT2D eigenvalue weighted by atomic mass is 10.1. The van der Waals surface area contributed by atoms with Crippen LogP contribution >= 0.6 is 83.6 Å². The van der Waals surface area contributed by atoms with Crippen molar-refractivity contribution >= 4 is 89.7 Å². The van der Waals surface area contributed by atoms with E-state index in [1.807, 2.05) is 53.9 Å². The summed E-state index contributed by atoms with van der Waals surface area (Å²) in [6.07, 6.45) is 6.18. The van der Waals surface area contributed by atoms with Crippen LogP contribution in [0.5, 0.6) is 0 Å². The molecule has 0 aliphatic heterocycles. The van der Waals surface area contributed by atoms with Gasteiger partial charge in [0.1, 0.15) is 0 Å². The summed E-state index contributed by atoms with van der Waals surface area (Å²) in [5, 5.41) is 0. The molecule has 61 heavy (non-hydrogen) atoms. The van der Waals surface area contributed by atoms with Crippen LogP contribution in [0.25, 0.3) is 6.08 Å². The lowest BCUT2D eigenvalue weighted by Crippen LogP contribution is -3.00. The molecule has 6 nitrogen and oxygen atoms in total. The van der Waals surface area contributed by atoms with Crippen molar-refractivity contribution in [2.75, 3.05) is 114 Å². The predicted molar refractivity (Wildman–Crippen MR) is 276 cm³/mol. The Morgan fingerprint density at radius 2 is 0.738 bits per heavy atom. The van der Waals surface area contributed by atoms with Gasteiger partial charge in [-0.2, -0.15) is 48.8 Å². The van der Waals surface area contributed by atoms with E-state index in [4.69, 9.17) is 63.2 Å². The Kier molecular flexibility index (Phi) is 53.0. The van der Waals surface area contributed by atoms with Gasteiger partial charge in [0, 0.05) is 53.9 Å². The van der Waals surface area contributed by atoms with Crippen molar-refractivity contribution in [3.8, 4) is 0 Å². The number of thioether (sulfide) groups is 2. The summed E-state index contributed by atoms with van der Waals surface area (Å²) >= 11 is 29.1. The maximum atomic E-state index is 5.81. The van der Waals surface area contributed by atoms with E-state index in [-0.39, 0.29) is 24.0 Å². The molecule has 0 radical (unpaired) electrons. The molecule has 0 amide bonds. The van der Waals surface area contributed by atoms with Crippen molar-refractivity contribution in [1.29, 1.82) is 0 Å². The molecule has 0 aliphatic carbocycles. The van der Waals surface area contributed by atoms with Crippen LogP contribution in [0.4, 0.5) is 0 Å². The first kappa shape index (κ1) is 63.2. The zero-order valence-corrected chi connectivity index (χ0v) is 44.9. The molecule has 0 unspecified atom stereocenters. The largest absolute Gasteiger partial charge is 0.379 e. The van der Waals surface area contributed by atoms with Crippen LogP contribution in [0, 0.1) is 0 Å². The summed E-state index contributed by atoms with van der Waals surface area (Å²) in [6.45, 7) is 16.7. The Bertz CT molecular complexity index is 1230. The van der Waals surface area contributed by atoms with Crippen molar-refractivity contribution in [3.63, 3.8) is 0 Å². The molecule has 0 aromatic heterocycles. The maximum Gasteiger partial charge on any atom is 0.235 e. The third kappa shape index (κ3) is 42.5. The van der Waals surface area contributed by atoms with E-state index >= 15 is 0 Å². The zero-order valence-electron chi connectivity index (χ0n) is 36.6. The lowest BCUT2D eigenvalue weighted by Gasteiger charge is -2.07. The van der Waals surface area contributed by atoms with Gasteiger partial charge in [0.2, 0.25) is 24.0 Å². The molecule has 0 N–H and O–H groups in total. The van der Waals surface area contributed by atoms with E-state index < -0.39 is 0 Å². The highest BCUT2D eigenvalue weighted by atomic mass is 127. The van der Waals surface area contributed by atoms with Crippen molar-refractivity contribution in [2.24, 2.45) is 0 Å². The van der Waals surface area contributed by atoms with Gasteiger partial charge in [-0.15, -0.1) is 34.8 Å². The monoisotopic (exact) mass is 1100 g/mol. The topological polar surface area (TPSA) is 55.4 Å². The standard InChI is InChI=1S/C24H32Cl2O2S2.C9H9Cl.C8H18O2.C6H14O2S2.H2I/c25-19-23-5-1-21(2-6-23)9-15-29-17-13-27-11-12-28-14-18-30-16-10-22-3-7-24(20-26)8-4-22;1-2-8-3-5-9(7-10)6-4-8;1-3-5-9-7-8-10-6-4-2;9-5-3-7-1-2-8-4-6-10;/h1-8H,9-20H2;2-6H,1,7H2;3-8H2,1-2H3;9-10H,1-6H2;1H2/q;;;;+1. The van der Waals surface area contributed by atoms with E-state index in [1.165, 1.54) is 22.3 Å². The van der Waals surface area contributed by atoms with Gasteiger partial charge in [-0.1, -0.05) is 99.3 Å². The molecule has 3 rings (SSSR count). The van der Waals surface area contributed by atoms with Gasteiger partial charge >= 0.3 is 0 Å². The van der Waals surface area contributed by atoms with Gasteiger partial charge in [-0.25, -0.2) is 0 Å². The molecule has 3 aromatic carbocycles. The smallest absolute Gasteiger partial charge is 0.235 e. The van der Waals surface area contributed by atoms with Crippen molar-refractivity contribution in [1.82, 2.24) is 0 Å². The van der Waals surface area contributed by atoms with E-state index in [0.29, 0.717) is 57.3 Å². The van der Waals surface area contributed by atoms with Gasteiger partial charge in [0.25, 0.3) is 0 Å².